The lowest BCUT2D eigenvalue weighted by Crippen LogP contribution is -2.44. The number of nitrogens with one attached hydrogen (secondary N) is 1. The Morgan fingerprint density at radius 3 is 2.44 bits per heavy atom. The van der Waals surface area contributed by atoms with Gasteiger partial charge in [-0.2, -0.15) is 0 Å². The largest absolute Gasteiger partial charge is 0.337 e. The van der Waals surface area contributed by atoms with Gasteiger partial charge in [0.1, 0.15) is 18.8 Å². The van der Waals surface area contributed by atoms with E-state index in [9.17, 15) is 18.8 Å². The highest BCUT2D eigenvalue weighted by molar-refractivity contribution is 6.08. The Kier molecular flexibility index (Phi) is 8.01. The number of likely N-dealkylation sites (tertiary alicyclic amines) is 1. The number of pyridine rings is 1. The Bertz CT molecular complexity index is 1950. The van der Waals surface area contributed by atoms with Gasteiger partial charge in [-0.15, -0.1) is 0 Å². The molecule has 5 aromatic rings. The van der Waals surface area contributed by atoms with Crippen molar-refractivity contribution < 1.29 is 23.2 Å². The molecule has 0 unspecified atom stereocenters. The van der Waals surface area contributed by atoms with E-state index in [0.29, 0.717) is 27.6 Å². The first-order valence-corrected chi connectivity index (χ1v) is 14.8. The maximum absolute atomic E-state index is 15.6. The van der Waals surface area contributed by atoms with E-state index >= 15 is 4.39 Å². The van der Waals surface area contributed by atoms with Gasteiger partial charge < -0.3 is 14.8 Å². The molecular formula is C36H32F2N4O3. The molecule has 0 spiro atoms. The first kappa shape index (κ1) is 29.9. The van der Waals surface area contributed by atoms with E-state index in [1.807, 2.05) is 62.4 Å². The number of rotatable bonds is 7. The monoisotopic (exact) mass is 606 g/mol. The summed E-state index contributed by atoms with van der Waals surface area (Å²) in [6.07, 6.45) is 1.77. The molecule has 1 fully saturated rings. The highest BCUT2D eigenvalue weighted by atomic mass is 19.1. The van der Waals surface area contributed by atoms with Crippen LogP contribution >= 0.6 is 0 Å². The number of fused-ring (bicyclic) bond motifs is 1. The lowest BCUT2D eigenvalue weighted by Gasteiger charge is -2.24. The van der Waals surface area contributed by atoms with Crippen molar-refractivity contribution in [2.45, 2.75) is 46.0 Å². The van der Waals surface area contributed by atoms with Crippen molar-refractivity contribution in [2.75, 3.05) is 11.9 Å². The number of aryl methyl sites for hydroxylation is 2. The van der Waals surface area contributed by atoms with Crippen LogP contribution in [0.5, 0.6) is 0 Å². The third-order valence-corrected chi connectivity index (χ3v) is 8.38. The average molecular weight is 607 g/mol. The summed E-state index contributed by atoms with van der Waals surface area (Å²) in [5.74, 6) is -1.92. The number of ketones is 1. The Hall–Kier alpha value is -5.18. The fourth-order valence-corrected chi connectivity index (χ4v) is 6.00. The van der Waals surface area contributed by atoms with Crippen molar-refractivity contribution in [3.8, 4) is 22.3 Å². The molecule has 1 aliphatic heterocycles. The Morgan fingerprint density at radius 1 is 0.956 bits per heavy atom. The molecule has 1 N–H and O–H groups in total. The quantitative estimate of drug-likeness (QED) is 0.204. The lowest BCUT2D eigenvalue weighted by molar-refractivity contribution is -0.137. The highest BCUT2D eigenvalue weighted by Crippen LogP contribution is 2.32. The van der Waals surface area contributed by atoms with Gasteiger partial charge in [0.05, 0.1) is 12.2 Å². The van der Waals surface area contributed by atoms with Crippen molar-refractivity contribution in [3.63, 3.8) is 0 Å². The first-order valence-electron chi connectivity index (χ1n) is 14.8. The molecule has 0 bridgehead atoms. The van der Waals surface area contributed by atoms with E-state index in [4.69, 9.17) is 0 Å². The fraction of sp³-hybridized carbons (Fsp3) is 0.222. The normalized spacial score (nSPS) is 16.2. The molecule has 2 aromatic heterocycles. The molecule has 0 saturated carbocycles. The third kappa shape index (κ3) is 5.85. The highest BCUT2D eigenvalue weighted by Gasteiger charge is 2.40. The second kappa shape index (κ2) is 12.1. The molecule has 1 saturated heterocycles. The predicted molar refractivity (Wildman–Crippen MR) is 170 cm³/mol. The van der Waals surface area contributed by atoms with E-state index in [1.165, 1.54) is 17.9 Å². The van der Waals surface area contributed by atoms with E-state index in [-0.39, 0.29) is 31.0 Å². The molecular weight excluding hydrogens is 574 g/mol. The van der Waals surface area contributed by atoms with Gasteiger partial charge in [-0.25, -0.2) is 8.78 Å². The van der Waals surface area contributed by atoms with Gasteiger partial charge in [0.15, 0.2) is 11.6 Å². The summed E-state index contributed by atoms with van der Waals surface area (Å²) < 4.78 is 31.9. The van der Waals surface area contributed by atoms with Crippen LogP contribution < -0.4 is 5.32 Å². The van der Waals surface area contributed by atoms with Crippen LogP contribution in [0.15, 0.2) is 85.2 Å². The van der Waals surface area contributed by atoms with Crippen LogP contribution in [-0.4, -0.2) is 50.8 Å². The Morgan fingerprint density at radius 2 is 1.71 bits per heavy atom. The smallest absolute Gasteiger partial charge is 0.247 e. The van der Waals surface area contributed by atoms with Gasteiger partial charge in [-0.05, 0) is 61.7 Å². The van der Waals surface area contributed by atoms with Crippen LogP contribution in [0.3, 0.4) is 0 Å². The molecule has 2 atom stereocenters. The molecule has 2 amide bonds. The first-order chi connectivity index (χ1) is 21.6. The molecule has 3 heterocycles. The van der Waals surface area contributed by atoms with Crippen LogP contribution in [0.25, 0.3) is 33.2 Å². The summed E-state index contributed by atoms with van der Waals surface area (Å²) >= 11 is 0. The van der Waals surface area contributed by atoms with Crippen molar-refractivity contribution in [1.82, 2.24) is 14.5 Å². The van der Waals surface area contributed by atoms with E-state index in [0.717, 1.165) is 22.4 Å². The summed E-state index contributed by atoms with van der Waals surface area (Å²) in [4.78, 5) is 45.1. The molecule has 228 valence electrons. The second-order valence-electron chi connectivity index (χ2n) is 11.5. The van der Waals surface area contributed by atoms with Crippen molar-refractivity contribution in [3.05, 3.63) is 108 Å². The molecule has 0 aliphatic carbocycles. The number of anilines is 1. The van der Waals surface area contributed by atoms with Crippen LogP contribution in [0.1, 0.15) is 35.0 Å². The van der Waals surface area contributed by atoms with Gasteiger partial charge in [-0.3, -0.25) is 19.4 Å². The number of alkyl halides is 1. The van der Waals surface area contributed by atoms with Crippen molar-refractivity contribution >= 4 is 34.2 Å². The summed E-state index contributed by atoms with van der Waals surface area (Å²) in [7, 11) is 0. The molecule has 1 aliphatic rings. The number of amides is 2. The number of halogens is 2. The molecule has 3 aromatic carbocycles. The zero-order valence-electron chi connectivity index (χ0n) is 25.2. The van der Waals surface area contributed by atoms with Gasteiger partial charge in [-0.1, -0.05) is 48.5 Å². The topological polar surface area (TPSA) is 84.3 Å². The van der Waals surface area contributed by atoms with E-state index in [1.54, 1.807) is 35.2 Å². The van der Waals surface area contributed by atoms with Gasteiger partial charge >= 0.3 is 0 Å². The van der Waals surface area contributed by atoms with Crippen LogP contribution in [0, 0.1) is 19.7 Å². The maximum Gasteiger partial charge on any atom is 0.247 e. The number of hydrogen-bond donors (Lipinski definition) is 1. The number of carbonyl (C=O) groups excluding carboxylic acids is 3. The number of carbonyl (C=O) groups is 3. The van der Waals surface area contributed by atoms with Crippen molar-refractivity contribution in [2.24, 2.45) is 0 Å². The number of benzene rings is 3. The van der Waals surface area contributed by atoms with Gasteiger partial charge in [0, 0.05) is 52.1 Å². The van der Waals surface area contributed by atoms with Gasteiger partial charge in [0.2, 0.25) is 11.8 Å². The molecule has 6 rings (SSSR count). The SMILES string of the molecule is CC(=O)c1cn(CC(=O)N2C[C@H](F)C[C@H]2C(=O)Nc2cccc(-c3ccccc3C)c2F)c2ccc(-c3ccc(C)nc3)cc12. The number of Topliss-reactive ketones (excluding diaryl/α,β-unsaturated/α-hetero) is 1. The zero-order chi connectivity index (χ0) is 31.8. The number of hydrogen-bond acceptors (Lipinski definition) is 4. The minimum absolute atomic E-state index is 0.0439. The van der Waals surface area contributed by atoms with Crippen LogP contribution in [-0.2, 0) is 16.1 Å². The minimum atomic E-state index is -1.41. The lowest BCUT2D eigenvalue weighted by atomic mass is 9.99. The molecule has 45 heavy (non-hydrogen) atoms. The molecule has 7 nitrogen and oxygen atoms in total. The van der Waals surface area contributed by atoms with E-state index < -0.39 is 29.8 Å². The Balaban J connectivity index is 1.25. The van der Waals surface area contributed by atoms with Crippen molar-refractivity contribution in [1.29, 1.82) is 0 Å². The molecule has 9 heteroatoms. The molecule has 0 radical (unpaired) electrons. The number of nitrogens with zero attached hydrogens (tertiary/aromatic N) is 3. The summed E-state index contributed by atoms with van der Waals surface area (Å²) in [5, 5.41) is 3.27. The summed E-state index contributed by atoms with van der Waals surface area (Å²) in [5.41, 5.74) is 5.61. The minimum Gasteiger partial charge on any atom is -0.337 e. The predicted octanol–water partition coefficient (Wildman–Crippen LogP) is 6.91. The maximum atomic E-state index is 15.6. The number of aromatic nitrogens is 2. The average Bonchev–Trinajstić information content (AvgIpc) is 3.59. The van der Waals surface area contributed by atoms with Crippen LogP contribution in [0.4, 0.5) is 14.5 Å². The third-order valence-electron chi connectivity index (χ3n) is 8.38. The standard InChI is InChI=1S/C36H32F2N4O3/c1-21-7-4-5-8-27(21)28-9-6-10-31(35(28)38)40-36(45)33-16-26(37)18-42(33)34(44)20-41-19-30(23(3)43)29-15-24(13-14-32(29)41)25-12-11-22(2)39-17-25/h4-15,17,19,26,33H,16,18,20H2,1-3H3,(H,40,45)/t26-,33+/m1/s1. The fourth-order valence-electron chi connectivity index (χ4n) is 6.00. The summed E-state index contributed by atoms with van der Waals surface area (Å²) in [6.45, 7) is 4.77. The van der Waals surface area contributed by atoms with Crippen LogP contribution in [0.2, 0.25) is 0 Å². The zero-order valence-corrected chi connectivity index (χ0v) is 25.2. The second-order valence-corrected chi connectivity index (χ2v) is 11.5. The Labute approximate surface area is 259 Å². The van der Waals surface area contributed by atoms with Gasteiger partial charge in [0.25, 0.3) is 0 Å². The summed E-state index contributed by atoms with van der Waals surface area (Å²) in [6, 6.07) is 20.4. The van der Waals surface area contributed by atoms with E-state index in [2.05, 4.69) is 10.3 Å².